The lowest BCUT2D eigenvalue weighted by atomic mass is 9.83. The average molecular weight is 671 g/mol. The minimum Gasteiger partial charge on any atom is -0.542 e. The second-order valence-corrected chi connectivity index (χ2v) is 10.9. The number of nitrogens with two attached hydrogens (primary N) is 1. The number of carboxylic acids is 2. The maximum Gasteiger partial charge on any atom is 0.490 e. The molecule has 3 fully saturated rings. The number of alkyl halides is 6. The van der Waals surface area contributed by atoms with Crippen molar-refractivity contribution >= 4 is 29.4 Å². The van der Waals surface area contributed by atoms with E-state index in [4.69, 9.17) is 30.3 Å². The standard InChI is InChI=1S/C27H31N4O2.2C2HF3O2/c28-25-13-7-12-23(29-25)18-31-16-14-20(15-17-31)24(19-31)33-27(32)26(21-8-3-1-4-9-21)30-22-10-5-2-6-11-22;2*3-2(4,5)1(6)7/h1-13,20,24,26,30H,14-19H2,(H2,28,29);2*(H,6,7)/q+1;;/p-1/t20?,24-,26?,31?;;/m0../s1. The number of nitrogens with one attached hydrogen (secondary N) is 1. The number of hydrogen-bond donors (Lipinski definition) is 3. The summed E-state index contributed by atoms with van der Waals surface area (Å²) >= 11 is 0. The van der Waals surface area contributed by atoms with Crippen LogP contribution in [0, 0.1) is 5.92 Å². The van der Waals surface area contributed by atoms with Crippen LogP contribution in [0.4, 0.5) is 37.8 Å². The van der Waals surface area contributed by atoms with Crippen LogP contribution < -0.4 is 16.2 Å². The monoisotopic (exact) mass is 670 g/mol. The van der Waals surface area contributed by atoms with Crippen LogP contribution in [-0.4, -0.2) is 70.6 Å². The van der Waals surface area contributed by atoms with Gasteiger partial charge in [0.1, 0.15) is 24.9 Å². The zero-order valence-electron chi connectivity index (χ0n) is 24.7. The van der Waals surface area contributed by atoms with Crippen molar-refractivity contribution in [3.8, 4) is 0 Å². The van der Waals surface area contributed by atoms with Gasteiger partial charge in [0.2, 0.25) is 0 Å². The number of esters is 1. The third-order valence-corrected chi connectivity index (χ3v) is 7.56. The van der Waals surface area contributed by atoms with Crippen molar-refractivity contribution < 1.29 is 60.2 Å². The van der Waals surface area contributed by atoms with Gasteiger partial charge in [-0.2, -0.15) is 26.3 Å². The van der Waals surface area contributed by atoms with Crippen molar-refractivity contribution in [3.05, 3.63) is 90.1 Å². The fraction of sp³-hybridized carbons (Fsp3) is 0.355. The Morgan fingerprint density at radius 1 is 0.915 bits per heavy atom. The number of ether oxygens (including phenoxy) is 1. The average Bonchev–Trinajstić information content (AvgIpc) is 3.01. The number of piperidine rings is 3. The van der Waals surface area contributed by atoms with Crippen LogP contribution in [0.2, 0.25) is 0 Å². The van der Waals surface area contributed by atoms with Crippen LogP contribution >= 0.6 is 0 Å². The highest BCUT2D eigenvalue weighted by Crippen LogP contribution is 2.37. The number of pyridine rings is 1. The number of nitrogens with zero attached hydrogens (tertiary/aromatic N) is 2. The molecule has 2 atom stereocenters. The van der Waals surface area contributed by atoms with Gasteiger partial charge in [-0.05, 0) is 29.8 Å². The van der Waals surface area contributed by atoms with Gasteiger partial charge in [0.15, 0.2) is 12.1 Å². The molecule has 254 valence electrons. The van der Waals surface area contributed by atoms with Crippen molar-refractivity contribution in [1.82, 2.24) is 4.98 Å². The van der Waals surface area contributed by atoms with Crippen molar-refractivity contribution in [1.29, 1.82) is 0 Å². The molecule has 0 radical (unpaired) electrons. The number of aliphatic carboxylic acids is 2. The van der Waals surface area contributed by atoms with Crippen LogP contribution in [0.5, 0.6) is 0 Å². The predicted molar refractivity (Wildman–Crippen MR) is 154 cm³/mol. The van der Waals surface area contributed by atoms with Gasteiger partial charge < -0.3 is 35.3 Å². The Hall–Kier alpha value is -4.86. The first-order valence-electron chi connectivity index (χ1n) is 14.2. The van der Waals surface area contributed by atoms with E-state index in [0.717, 1.165) is 60.4 Å². The lowest BCUT2D eigenvalue weighted by Gasteiger charge is -2.52. The van der Waals surface area contributed by atoms with Crippen molar-refractivity contribution in [2.24, 2.45) is 5.92 Å². The van der Waals surface area contributed by atoms with E-state index in [9.17, 15) is 31.1 Å². The van der Waals surface area contributed by atoms with Crippen LogP contribution in [-0.2, 0) is 25.7 Å². The maximum absolute atomic E-state index is 13.5. The van der Waals surface area contributed by atoms with E-state index in [1.165, 1.54) is 0 Å². The van der Waals surface area contributed by atoms with Gasteiger partial charge in [-0.3, -0.25) is 0 Å². The molecule has 16 heteroatoms. The summed E-state index contributed by atoms with van der Waals surface area (Å²) in [4.78, 5) is 35.7. The first-order valence-corrected chi connectivity index (χ1v) is 14.2. The second-order valence-electron chi connectivity index (χ2n) is 10.9. The summed E-state index contributed by atoms with van der Waals surface area (Å²) in [5, 5.41) is 19.3. The Bertz CT molecular complexity index is 1460. The highest BCUT2D eigenvalue weighted by atomic mass is 19.4. The van der Waals surface area contributed by atoms with E-state index < -0.39 is 30.3 Å². The lowest BCUT2D eigenvalue weighted by molar-refractivity contribution is -0.958. The number of anilines is 2. The number of rotatable bonds is 7. The van der Waals surface area contributed by atoms with Gasteiger partial charge in [0, 0.05) is 24.4 Å². The number of halogens is 6. The minimum atomic E-state index is -5.19. The van der Waals surface area contributed by atoms with Gasteiger partial charge in [-0.15, -0.1) is 0 Å². The van der Waals surface area contributed by atoms with Gasteiger partial charge in [0.05, 0.1) is 18.8 Å². The third-order valence-electron chi connectivity index (χ3n) is 7.56. The third kappa shape index (κ3) is 11.2. The summed E-state index contributed by atoms with van der Waals surface area (Å²) in [6.45, 7) is 3.86. The molecule has 2 aromatic carbocycles. The molecule has 0 spiro atoms. The number of quaternary nitrogens is 1. The molecule has 3 aliphatic heterocycles. The molecule has 4 heterocycles. The molecular weight excluding hydrogens is 638 g/mol. The fourth-order valence-electron chi connectivity index (χ4n) is 5.35. The Kier molecular flexibility index (Phi) is 12.2. The summed E-state index contributed by atoms with van der Waals surface area (Å²) < 4.78 is 70.4. The van der Waals surface area contributed by atoms with Gasteiger partial charge in [-0.25, -0.2) is 14.6 Å². The first kappa shape index (κ1) is 36.6. The predicted octanol–water partition coefficient (Wildman–Crippen LogP) is 4.10. The summed E-state index contributed by atoms with van der Waals surface area (Å²) in [5.41, 5.74) is 8.72. The Morgan fingerprint density at radius 2 is 1.45 bits per heavy atom. The SMILES string of the molecule is Nc1cccc(C[N+]23CCC(CC2)[C@@H](OC(=O)C(Nc2ccccc2)c2ccccc2)C3)n1.O=C(O)C(F)(F)F.O=C([O-])C(F)(F)F. The number of para-hydroxylation sites is 1. The van der Waals surface area contributed by atoms with E-state index in [2.05, 4.69) is 10.3 Å². The van der Waals surface area contributed by atoms with Gasteiger partial charge >= 0.3 is 24.3 Å². The number of carbonyl (C=O) groups excluding carboxylic acids is 2. The molecule has 3 saturated heterocycles. The molecule has 47 heavy (non-hydrogen) atoms. The minimum absolute atomic E-state index is 0.0788. The smallest absolute Gasteiger partial charge is 0.490 e. The van der Waals surface area contributed by atoms with Crippen LogP contribution in [0.1, 0.15) is 30.1 Å². The van der Waals surface area contributed by atoms with Crippen molar-refractivity contribution in [2.45, 2.75) is 43.9 Å². The fourth-order valence-corrected chi connectivity index (χ4v) is 5.35. The number of hydrogen-bond acceptors (Lipinski definition) is 8. The van der Waals surface area contributed by atoms with Gasteiger partial charge in [-0.1, -0.05) is 54.6 Å². The zero-order chi connectivity index (χ0) is 34.8. The van der Waals surface area contributed by atoms with Crippen molar-refractivity contribution in [2.75, 3.05) is 30.7 Å². The van der Waals surface area contributed by atoms with E-state index in [1.807, 2.05) is 78.9 Å². The molecule has 1 unspecified atom stereocenters. The van der Waals surface area contributed by atoms with Gasteiger partial charge in [0.25, 0.3) is 0 Å². The molecular formula is C31H32F6N4O6. The highest BCUT2D eigenvalue weighted by Gasteiger charge is 2.48. The number of benzene rings is 2. The summed E-state index contributed by atoms with van der Waals surface area (Å²) in [6, 6.07) is 24.9. The molecule has 0 amide bonds. The first-order chi connectivity index (χ1) is 22.0. The van der Waals surface area contributed by atoms with Crippen LogP contribution in [0.3, 0.4) is 0 Å². The van der Waals surface area contributed by atoms with Crippen LogP contribution in [0.15, 0.2) is 78.9 Å². The molecule has 0 aliphatic carbocycles. The largest absolute Gasteiger partial charge is 0.542 e. The summed E-state index contributed by atoms with van der Waals surface area (Å²) in [5.74, 6) is -5.00. The number of carboxylic acid groups (broad SMARTS) is 2. The lowest BCUT2D eigenvalue weighted by Crippen LogP contribution is -2.64. The molecule has 4 N–H and O–H groups in total. The highest BCUT2D eigenvalue weighted by molar-refractivity contribution is 5.81. The molecule has 1 aromatic heterocycles. The van der Waals surface area contributed by atoms with Crippen molar-refractivity contribution in [3.63, 3.8) is 0 Å². The topological polar surface area (TPSA) is 155 Å². The quantitative estimate of drug-likeness (QED) is 0.192. The van der Waals surface area contributed by atoms with Crippen LogP contribution in [0.25, 0.3) is 0 Å². The molecule has 6 rings (SSSR count). The number of carbonyl (C=O) groups is 3. The molecule has 10 nitrogen and oxygen atoms in total. The summed E-state index contributed by atoms with van der Waals surface area (Å²) in [7, 11) is 0. The van der Waals surface area contributed by atoms with E-state index in [1.54, 1.807) is 0 Å². The van der Waals surface area contributed by atoms with E-state index >= 15 is 0 Å². The normalized spacial score (nSPS) is 20.7. The zero-order valence-corrected chi connectivity index (χ0v) is 24.7. The van der Waals surface area contributed by atoms with E-state index in [-0.39, 0.29) is 12.1 Å². The number of nitrogen functional groups attached to an aromatic ring is 1. The Labute approximate surface area is 265 Å². The maximum atomic E-state index is 13.5. The number of fused-ring (bicyclic) bond motifs is 3. The van der Waals surface area contributed by atoms with E-state index in [0.29, 0.717) is 11.7 Å². The Morgan fingerprint density at radius 3 is 1.94 bits per heavy atom. The Balaban J connectivity index is 0.000000360. The number of aromatic nitrogens is 1. The molecule has 3 aromatic rings. The second kappa shape index (κ2) is 15.6. The molecule has 2 bridgehead atoms. The summed E-state index contributed by atoms with van der Waals surface area (Å²) in [6.07, 6.45) is -8.21. The molecule has 0 saturated carbocycles. The molecule has 3 aliphatic rings.